The number of aliphatic carboxylic acids is 1. The molecule has 0 spiro atoms. The van der Waals surface area contributed by atoms with E-state index in [0.717, 1.165) is 19.3 Å². The molecule has 1 aliphatic carbocycles. The van der Waals surface area contributed by atoms with Gasteiger partial charge in [0.25, 0.3) is 0 Å². The fourth-order valence-corrected chi connectivity index (χ4v) is 2.26. The van der Waals surface area contributed by atoms with E-state index in [1.807, 2.05) is 0 Å². The summed E-state index contributed by atoms with van der Waals surface area (Å²) >= 11 is 0. The number of hydrogen-bond acceptors (Lipinski definition) is 3. The van der Waals surface area contributed by atoms with Crippen molar-refractivity contribution < 1.29 is 19.8 Å². The number of rotatable bonds is 4. The molecule has 4 N–H and O–H groups in total. The fraction of sp³-hybridized carbons (Fsp3) is 0.833. The zero-order chi connectivity index (χ0) is 13.5. The van der Waals surface area contributed by atoms with E-state index in [-0.39, 0.29) is 6.04 Å². The van der Waals surface area contributed by atoms with E-state index in [2.05, 4.69) is 17.6 Å². The molecule has 1 fully saturated rings. The molecule has 0 saturated heterocycles. The zero-order valence-electron chi connectivity index (χ0n) is 10.7. The molecule has 6 nitrogen and oxygen atoms in total. The Balaban J connectivity index is 2.44. The minimum absolute atomic E-state index is 0.0839. The van der Waals surface area contributed by atoms with Crippen molar-refractivity contribution in [1.29, 1.82) is 0 Å². The predicted octanol–water partition coefficient (Wildman–Crippen LogP) is 0.700. The normalized spacial score (nSPS) is 25.9. The van der Waals surface area contributed by atoms with Crippen LogP contribution < -0.4 is 10.6 Å². The Morgan fingerprint density at radius 3 is 2.56 bits per heavy atom. The zero-order valence-corrected chi connectivity index (χ0v) is 10.7. The lowest BCUT2D eigenvalue weighted by molar-refractivity contribution is -0.140. The van der Waals surface area contributed by atoms with E-state index in [4.69, 9.17) is 10.2 Å². The van der Waals surface area contributed by atoms with Crippen molar-refractivity contribution in [3.63, 3.8) is 0 Å². The van der Waals surface area contributed by atoms with Gasteiger partial charge in [0.2, 0.25) is 0 Å². The lowest BCUT2D eigenvalue weighted by Crippen LogP contribution is -2.51. The van der Waals surface area contributed by atoms with Crippen molar-refractivity contribution in [2.45, 2.75) is 51.1 Å². The van der Waals surface area contributed by atoms with Crippen LogP contribution in [0.15, 0.2) is 0 Å². The highest BCUT2D eigenvalue weighted by molar-refractivity contribution is 5.82. The third kappa shape index (κ3) is 4.52. The number of aliphatic hydroxyl groups excluding tert-OH is 1. The summed E-state index contributed by atoms with van der Waals surface area (Å²) in [7, 11) is 0. The molecule has 1 rings (SSSR count). The Morgan fingerprint density at radius 2 is 1.94 bits per heavy atom. The third-order valence-corrected chi connectivity index (χ3v) is 3.46. The maximum atomic E-state index is 11.6. The monoisotopic (exact) mass is 258 g/mol. The summed E-state index contributed by atoms with van der Waals surface area (Å²) in [5, 5.41) is 22.6. The van der Waals surface area contributed by atoms with Crippen molar-refractivity contribution >= 4 is 12.0 Å². The molecule has 1 saturated carbocycles. The lowest BCUT2D eigenvalue weighted by atomic mass is 9.97. The van der Waals surface area contributed by atoms with Crippen molar-refractivity contribution in [1.82, 2.24) is 10.6 Å². The molecule has 0 heterocycles. The Bertz CT molecular complexity index is 296. The van der Waals surface area contributed by atoms with E-state index in [1.165, 1.54) is 12.8 Å². The number of urea groups is 1. The van der Waals surface area contributed by atoms with E-state index < -0.39 is 24.6 Å². The van der Waals surface area contributed by atoms with Gasteiger partial charge in [0.1, 0.15) is 0 Å². The Labute approximate surface area is 107 Å². The summed E-state index contributed by atoms with van der Waals surface area (Å²) in [6.07, 6.45) is 5.43. The van der Waals surface area contributed by atoms with Gasteiger partial charge in [0.15, 0.2) is 6.04 Å². The van der Waals surface area contributed by atoms with Gasteiger partial charge in [0, 0.05) is 6.04 Å². The average Bonchev–Trinajstić information content (AvgIpc) is 2.51. The second kappa shape index (κ2) is 7.20. The van der Waals surface area contributed by atoms with Gasteiger partial charge >= 0.3 is 12.0 Å². The van der Waals surface area contributed by atoms with Crippen LogP contribution in [-0.2, 0) is 4.79 Å². The van der Waals surface area contributed by atoms with Gasteiger partial charge in [-0.25, -0.2) is 9.59 Å². The molecule has 104 valence electrons. The molecule has 3 atom stereocenters. The van der Waals surface area contributed by atoms with E-state index >= 15 is 0 Å². The fourth-order valence-electron chi connectivity index (χ4n) is 2.26. The quantitative estimate of drug-likeness (QED) is 0.558. The lowest BCUT2D eigenvalue weighted by Gasteiger charge is -2.23. The minimum Gasteiger partial charge on any atom is -0.480 e. The summed E-state index contributed by atoms with van der Waals surface area (Å²) in [5.41, 5.74) is 0. The first-order chi connectivity index (χ1) is 8.54. The number of carbonyl (C=O) groups is 2. The highest BCUT2D eigenvalue weighted by Crippen LogP contribution is 2.22. The number of carbonyl (C=O) groups excluding carboxylic acids is 1. The largest absolute Gasteiger partial charge is 0.480 e. The van der Waals surface area contributed by atoms with Gasteiger partial charge in [-0.3, -0.25) is 0 Å². The van der Waals surface area contributed by atoms with Crippen LogP contribution in [0.4, 0.5) is 4.79 Å². The summed E-state index contributed by atoms with van der Waals surface area (Å²) in [6, 6.07) is -1.68. The van der Waals surface area contributed by atoms with Crippen molar-refractivity contribution in [3.05, 3.63) is 0 Å². The molecule has 0 aromatic heterocycles. The highest BCUT2D eigenvalue weighted by atomic mass is 16.4. The summed E-state index contributed by atoms with van der Waals surface area (Å²) in [5.74, 6) is -0.836. The maximum Gasteiger partial charge on any atom is 0.328 e. The van der Waals surface area contributed by atoms with Crippen LogP contribution in [0.2, 0.25) is 0 Å². The first-order valence-electron chi connectivity index (χ1n) is 6.45. The molecule has 0 bridgehead atoms. The van der Waals surface area contributed by atoms with Crippen molar-refractivity contribution in [2.75, 3.05) is 6.61 Å². The van der Waals surface area contributed by atoms with E-state index in [0.29, 0.717) is 5.92 Å². The third-order valence-electron chi connectivity index (χ3n) is 3.46. The van der Waals surface area contributed by atoms with Gasteiger partial charge < -0.3 is 20.8 Å². The molecule has 2 amide bonds. The SMILES string of the molecule is CC1CCCCCC1NC(=O)N[C@@H](CO)C(=O)O. The van der Waals surface area contributed by atoms with E-state index in [1.54, 1.807) is 0 Å². The summed E-state index contributed by atoms with van der Waals surface area (Å²) < 4.78 is 0. The standard InChI is InChI=1S/C12H22N2O4/c1-8-5-3-2-4-6-9(8)13-12(18)14-10(7-15)11(16)17/h8-10,15H,2-7H2,1H3,(H,16,17)(H2,13,14,18)/t8?,9?,10-/m0/s1. The maximum absolute atomic E-state index is 11.6. The van der Waals surface area contributed by atoms with Gasteiger partial charge in [-0.15, -0.1) is 0 Å². The molecule has 2 unspecified atom stereocenters. The van der Waals surface area contributed by atoms with Crippen LogP contribution in [0.1, 0.15) is 39.0 Å². The number of carboxylic acid groups (broad SMARTS) is 1. The minimum atomic E-state index is -1.24. The first-order valence-corrected chi connectivity index (χ1v) is 6.45. The Kier molecular flexibility index (Phi) is 5.91. The molecular weight excluding hydrogens is 236 g/mol. The number of hydrogen-bond donors (Lipinski definition) is 4. The molecule has 0 aromatic carbocycles. The van der Waals surface area contributed by atoms with Crippen LogP contribution in [0, 0.1) is 5.92 Å². The second-order valence-electron chi connectivity index (χ2n) is 4.91. The van der Waals surface area contributed by atoms with E-state index in [9.17, 15) is 9.59 Å². The van der Waals surface area contributed by atoms with Gasteiger partial charge in [-0.05, 0) is 18.8 Å². The summed E-state index contributed by atoms with van der Waals surface area (Å²) in [6.45, 7) is 1.49. The summed E-state index contributed by atoms with van der Waals surface area (Å²) in [4.78, 5) is 22.3. The van der Waals surface area contributed by atoms with Crippen LogP contribution >= 0.6 is 0 Å². The molecule has 0 aliphatic heterocycles. The Morgan fingerprint density at radius 1 is 1.28 bits per heavy atom. The van der Waals surface area contributed by atoms with Gasteiger partial charge in [-0.1, -0.05) is 26.2 Å². The highest BCUT2D eigenvalue weighted by Gasteiger charge is 2.24. The number of aliphatic hydroxyl groups is 1. The van der Waals surface area contributed by atoms with Crippen LogP contribution in [0.3, 0.4) is 0 Å². The van der Waals surface area contributed by atoms with Gasteiger partial charge in [0.05, 0.1) is 6.61 Å². The number of nitrogens with one attached hydrogen (secondary N) is 2. The van der Waals surface area contributed by atoms with Gasteiger partial charge in [-0.2, -0.15) is 0 Å². The smallest absolute Gasteiger partial charge is 0.328 e. The van der Waals surface area contributed by atoms with Crippen LogP contribution in [0.25, 0.3) is 0 Å². The molecule has 6 heteroatoms. The second-order valence-corrected chi connectivity index (χ2v) is 4.91. The molecule has 1 aliphatic rings. The molecule has 0 radical (unpaired) electrons. The predicted molar refractivity (Wildman–Crippen MR) is 66.2 cm³/mol. The average molecular weight is 258 g/mol. The molecule has 0 aromatic rings. The van der Waals surface area contributed by atoms with Crippen LogP contribution in [0.5, 0.6) is 0 Å². The van der Waals surface area contributed by atoms with Crippen molar-refractivity contribution in [2.24, 2.45) is 5.92 Å². The number of carboxylic acids is 1. The molecular formula is C12H22N2O4. The molecule has 18 heavy (non-hydrogen) atoms. The Hall–Kier alpha value is -1.30. The topological polar surface area (TPSA) is 98.7 Å². The number of amides is 2. The van der Waals surface area contributed by atoms with Crippen LogP contribution in [-0.4, -0.2) is 40.9 Å². The first kappa shape index (κ1) is 14.8. The van der Waals surface area contributed by atoms with Crippen molar-refractivity contribution in [3.8, 4) is 0 Å².